The first-order valence-corrected chi connectivity index (χ1v) is 8.29. The van der Waals surface area contributed by atoms with E-state index in [1.54, 1.807) is 24.7 Å². The van der Waals surface area contributed by atoms with E-state index in [0.29, 0.717) is 13.2 Å². The zero-order valence-corrected chi connectivity index (χ0v) is 13.9. The van der Waals surface area contributed by atoms with Crippen LogP contribution in [-0.2, 0) is 21.8 Å². The molecule has 4 rings (SSSR count). The molecule has 5 heteroatoms. The molecular formula is C20H19FN2O2. The average Bonchev–Trinajstić information content (AvgIpc) is 3.26. The van der Waals surface area contributed by atoms with E-state index in [1.807, 2.05) is 42.0 Å². The highest BCUT2D eigenvalue weighted by Crippen LogP contribution is 2.36. The minimum absolute atomic E-state index is 0.0281. The Bertz CT molecular complexity index is 831. The number of aromatic nitrogens is 2. The molecule has 2 aromatic carbocycles. The Morgan fingerprint density at radius 3 is 2.36 bits per heavy atom. The zero-order valence-electron chi connectivity index (χ0n) is 13.9. The van der Waals surface area contributed by atoms with Gasteiger partial charge in [-0.3, -0.25) is 0 Å². The van der Waals surface area contributed by atoms with Crippen LogP contribution in [0.1, 0.15) is 12.5 Å². The Kier molecular flexibility index (Phi) is 4.11. The number of halogens is 1. The fourth-order valence-corrected chi connectivity index (χ4v) is 3.15. The lowest BCUT2D eigenvalue weighted by Crippen LogP contribution is -2.33. The predicted molar refractivity (Wildman–Crippen MR) is 92.2 cm³/mol. The van der Waals surface area contributed by atoms with Crippen LogP contribution in [-0.4, -0.2) is 22.3 Å². The number of imidazole rings is 1. The van der Waals surface area contributed by atoms with E-state index < -0.39 is 5.79 Å². The lowest BCUT2D eigenvalue weighted by molar-refractivity contribution is -0.185. The first kappa shape index (κ1) is 16.0. The van der Waals surface area contributed by atoms with Crippen molar-refractivity contribution in [3.05, 3.63) is 78.6 Å². The van der Waals surface area contributed by atoms with Crippen molar-refractivity contribution in [1.29, 1.82) is 0 Å². The van der Waals surface area contributed by atoms with Crippen LogP contribution in [0.15, 0.2) is 67.3 Å². The van der Waals surface area contributed by atoms with Crippen molar-refractivity contribution in [3.63, 3.8) is 0 Å². The Balaban J connectivity index is 1.65. The van der Waals surface area contributed by atoms with Crippen molar-refractivity contribution in [3.8, 4) is 11.1 Å². The van der Waals surface area contributed by atoms with Crippen LogP contribution in [0.4, 0.5) is 4.39 Å². The number of nitrogens with zero attached hydrogens (tertiary/aromatic N) is 2. The van der Waals surface area contributed by atoms with E-state index in [0.717, 1.165) is 16.7 Å². The summed E-state index contributed by atoms with van der Waals surface area (Å²) in [7, 11) is 0. The van der Waals surface area contributed by atoms with Gasteiger partial charge in [-0.2, -0.15) is 0 Å². The number of benzene rings is 2. The van der Waals surface area contributed by atoms with Crippen molar-refractivity contribution in [1.82, 2.24) is 9.55 Å². The minimum atomic E-state index is -0.818. The molecule has 1 aliphatic rings. The summed E-state index contributed by atoms with van der Waals surface area (Å²) in [4.78, 5) is 4.09. The van der Waals surface area contributed by atoms with E-state index in [1.165, 1.54) is 12.1 Å². The quantitative estimate of drug-likeness (QED) is 0.722. The predicted octanol–water partition coefficient (Wildman–Crippen LogP) is 3.98. The Morgan fingerprint density at radius 1 is 1.12 bits per heavy atom. The Morgan fingerprint density at radius 2 is 1.80 bits per heavy atom. The van der Waals surface area contributed by atoms with Gasteiger partial charge in [0.15, 0.2) is 0 Å². The SMILES string of the molecule is CC1COC(Cn2ccnc2)(c2ccc(-c3ccc(F)cc3)cc2)O1. The van der Waals surface area contributed by atoms with E-state index in [4.69, 9.17) is 9.47 Å². The maximum atomic E-state index is 13.1. The smallest absolute Gasteiger partial charge is 0.213 e. The van der Waals surface area contributed by atoms with Crippen LogP contribution in [0.5, 0.6) is 0 Å². The highest BCUT2D eigenvalue weighted by atomic mass is 19.1. The molecule has 0 aliphatic carbocycles. The largest absolute Gasteiger partial charge is 0.342 e. The highest BCUT2D eigenvalue weighted by Gasteiger charge is 2.42. The maximum absolute atomic E-state index is 13.1. The second-order valence-corrected chi connectivity index (χ2v) is 6.31. The molecule has 0 N–H and O–H groups in total. The van der Waals surface area contributed by atoms with Gasteiger partial charge in [-0.05, 0) is 30.2 Å². The van der Waals surface area contributed by atoms with Gasteiger partial charge < -0.3 is 14.0 Å². The van der Waals surface area contributed by atoms with Crippen molar-refractivity contribution in [2.24, 2.45) is 0 Å². The summed E-state index contributed by atoms with van der Waals surface area (Å²) >= 11 is 0. The van der Waals surface area contributed by atoms with Crippen LogP contribution in [0.25, 0.3) is 11.1 Å². The van der Waals surface area contributed by atoms with Gasteiger partial charge in [-0.15, -0.1) is 0 Å². The number of hydrogen-bond donors (Lipinski definition) is 0. The van der Waals surface area contributed by atoms with Gasteiger partial charge in [0, 0.05) is 18.0 Å². The van der Waals surface area contributed by atoms with Crippen molar-refractivity contribution >= 4 is 0 Å². The summed E-state index contributed by atoms with van der Waals surface area (Å²) in [6.07, 6.45) is 5.42. The van der Waals surface area contributed by atoms with Crippen LogP contribution < -0.4 is 0 Å². The third-order valence-electron chi connectivity index (χ3n) is 4.39. The Hall–Kier alpha value is -2.50. The fraction of sp³-hybridized carbons (Fsp3) is 0.250. The van der Waals surface area contributed by atoms with Crippen LogP contribution in [0.2, 0.25) is 0 Å². The van der Waals surface area contributed by atoms with Gasteiger partial charge in [0.2, 0.25) is 5.79 Å². The molecule has 0 amide bonds. The molecule has 1 aromatic heterocycles. The van der Waals surface area contributed by atoms with Gasteiger partial charge >= 0.3 is 0 Å². The van der Waals surface area contributed by atoms with Gasteiger partial charge in [0.1, 0.15) is 5.82 Å². The molecule has 2 atom stereocenters. The van der Waals surface area contributed by atoms with Gasteiger partial charge in [0.25, 0.3) is 0 Å². The van der Waals surface area contributed by atoms with Gasteiger partial charge in [-0.1, -0.05) is 36.4 Å². The summed E-state index contributed by atoms with van der Waals surface area (Å²) in [6, 6.07) is 14.5. The number of hydrogen-bond acceptors (Lipinski definition) is 3. The summed E-state index contributed by atoms with van der Waals surface area (Å²) in [5.74, 6) is -1.05. The molecule has 1 aliphatic heterocycles. The molecule has 0 saturated carbocycles. The van der Waals surface area contributed by atoms with E-state index in [-0.39, 0.29) is 11.9 Å². The molecule has 0 bridgehead atoms. The lowest BCUT2D eigenvalue weighted by atomic mass is 10.00. The van der Waals surface area contributed by atoms with Crippen molar-refractivity contribution in [2.45, 2.75) is 25.4 Å². The van der Waals surface area contributed by atoms with E-state index in [9.17, 15) is 4.39 Å². The van der Waals surface area contributed by atoms with Crippen LogP contribution in [0, 0.1) is 5.82 Å². The fourth-order valence-electron chi connectivity index (χ4n) is 3.15. The standard InChI is InChI=1S/C20H19FN2O2/c1-15-12-24-20(25-15,13-23-11-10-22-14-23)18-6-2-16(3-7-18)17-4-8-19(21)9-5-17/h2-11,14-15H,12-13H2,1H3. The molecule has 1 saturated heterocycles. The molecule has 4 nitrogen and oxygen atoms in total. The molecule has 3 aromatic rings. The van der Waals surface area contributed by atoms with Gasteiger partial charge in [0.05, 0.1) is 25.6 Å². The third-order valence-corrected chi connectivity index (χ3v) is 4.39. The van der Waals surface area contributed by atoms with Crippen molar-refractivity contribution in [2.75, 3.05) is 6.61 Å². The molecule has 2 unspecified atom stereocenters. The second-order valence-electron chi connectivity index (χ2n) is 6.31. The minimum Gasteiger partial charge on any atom is -0.342 e. The first-order chi connectivity index (χ1) is 12.1. The van der Waals surface area contributed by atoms with E-state index in [2.05, 4.69) is 4.98 Å². The second kappa shape index (κ2) is 6.43. The normalized spacial score (nSPS) is 23.0. The lowest BCUT2D eigenvalue weighted by Gasteiger charge is -2.29. The molecular weight excluding hydrogens is 319 g/mol. The average molecular weight is 338 g/mol. The molecule has 1 fully saturated rings. The molecule has 128 valence electrons. The molecule has 0 radical (unpaired) electrons. The van der Waals surface area contributed by atoms with Gasteiger partial charge in [-0.25, -0.2) is 9.37 Å². The van der Waals surface area contributed by atoms with Crippen LogP contribution >= 0.6 is 0 Å². The number of rotatable bonds is 4. The van der Waals surface area contributed by atoms with Crippen molar-refractivity contribution < 1.29 is 13.9 Å². The molecule has 2 heterocycles. The molecule has 25 heavy (non-hydrogen) atoms. The topological polar surface area (TPSA) is 36.3 Å². The summed E-state index contributed by atoms with van der Waals surface area (Å²) in [5, 5.41) is 0. The summed E-state index contributed by atoms with van der Waals surface area (Å²) in [5.41, 5.74) is 2.95. The highest BCUT2D eigenvalue weighted by molar-refractivity contribution is 5.63. The Labute approximate surface area is 145 Å². The third kappa shape index (κ3) is 3.21. The summed E-state index contributed by atoms with van der Waals surface area (Å²) < 4.78 is 27.3. The van der Waals surface area contributed by atoms with Crippen LogP contribution in [0.3, 0.4) is 0 Å². The van der Waals surface area contributed by atoms with E-state index >= 15 is 0 Å². The monoisotopic (exact) mass is 338 g/mol. The maximum Gasteiger partial charge on any atom is 0.213 e. The summed E-state index contributed by atoms with van der Waals surface area (Å²) in [6.45, 7) is 3.09. The first-order valence-electron chi connectivity index (χ1n) is 8.29. The zero-order chi connectivity index (χ0) is 17.3. The molecule has 0 spiro atoms. The number of ether oxygens (including phenoxy) is 2.